The Morgan fingerprint density at radius 1 is 1.30 bits per heavy atom. The summed E-state index contributed by atoms with van der Waals surface area (Å²) in [4.78, 5) is 22.9. The van der Waals surface area contributed by atoms with E-state index in [0.29, 0.717) is 29.4 Å². The number of hydrogen-bond donors (Lipinski definition) is 1. The average molecular weight is 465 g/mol. The van der Waals surface area contributed by atoms with Crippen LogP contribution < -0.4 is 10.1 Å². The van der Waals surface area contributed by atoms with Crippen LogP contribution in [0.2, 0.25) is 5.02 Å². The summed E-state index contributed by atoms with van der Waals surface area (Å²) in [5.74, 6) is 0.604. The standard InChI is InChI=1S/C26H29ClN4O2/c1-6-9-23(31(4)5)19-14-17(3)30-26-18(19)10-8-11-24(26)33-16-20-21(27)12-13-28-22(20)15-29-25(32)7-2/h6,8-14H,1,7,15-16H2,2-5H3,(H,29,32)/b23-9-. The number of carbonyl (C=O) groups is 1. The molecule has 1 aromatic carbocycles. The molecule has 3 rings (SSSR count). The Morgan fingerprint density at radius 3 is 2.79 bits per heavy atom. The van der Waals surface area contributed by atoms with Gasteiger partial charge in [0.05, 0.1) is 17.3 Å². The van der Waals surface area contributed by atoms with Crippen LogP contribution in [0.5, 0.6) is 5.75 Å². The third-order valence-electron chi connectivity index (χ3n) is 5.20. The minimum absolute atomic E-state index is 0.0471. The lowest BCUT2D eigenvalue weighted by Gasteiger charge is -2.20. The predicted octanol–water partition coefficient (Wildman–Crippen LogP) is 5.29. The van der Waals surface area contributed by atoms with Gasteiger partial charge in [-0.3, -0.25) is 9.78 Å². The maximum atomic E-state index is 11.7. The van der Waals surface area contributed by atoms with Crippen molar-refractivity contribution in [2.45, 2.75) is 33.4 Å². The van der Waals surface area contributed by atoms with Crippen molar-refractivity contribution in [1.29, 1.82) is 0 Å². The van der Waals surface area contributed by atoms with E-state index in [1.165, 1.54) is 0 Å². The number of halogens is 1. The van der Waals surface area contributed by atoms with Crippen LogP contribution in [0, 0.1) is 6.92 Å². The van der Waals surface area contributed by atoms with Crippen LogP contribution >= 0.6 is 11.6 Å². The van der Waals surface area contributed by atoms with Crippen molar-refractivity contribution in [2.75, 3.05) is 14.1 Å². The number of amides is 1. The number of benzene rings is 1. The van der Waals surface area contributed by atoms with Crippen LogP contribution in [-0.4, -0.2) is 34.9 Å². The number of nitrogens with zero attached hydrogens (tertiary/aromatic N) is 3. The third-order valence-corrected chi connectivity index (χ3v) is 5.55. The van der Waals surface area contributed by atoms with Gasteiger partial charge in [-0.2, -0.15) is 0 Å². The monoisotopic (exact) mass is 464 g/mol. The lowest BCUT2D eigenvalue weighted by molar-refractivity contribution is -0.120. The molecular formula is C26H29ClN4O2. The molecule has 0 aliphatic heterocycles. The maximum Gasteiger partial charge on any atom is 0.220 e. The molecule has 0 aliphatic carbocycles. The zero-order valence-electron chi connectivity index (χ0n) is 19.5. The van der Waals surface area contributed by atoms with E-state index >= 15 is 0 Å². The number of allylic oxidation sites excluding steroid dienone is 2. The number of rotatable bonds is 9. The van der Waals surface area contributed by atoms with Crippen molar-refractivity contribution in [1.82, 2.24) is 20.2 Å². The topological polar surface area (TPSA) is 67.4 Å². The number of carbonyl (C=O) groups excluding carboxylic acids is 1. The molecule has 0 radical (unpaired) electrons. The van der Waals surface area contributed by atoms with E-state index in [9.17, 15) is 4.79 Å². The molecule has 33 heavy (non-hydrogen) atoms. The highest BCUT2D eigenvalue weighted by molar-refractivity contribution is 6.31. The first-order valence-corrected chi connectivity index (χ1v) is 11.2. The second-order valence-corrected chi connectivity index (χ2v) is 8.19. The quantitative estimate of drug-likeness (QED) is 0.436. The summed E-state index contributed by atoms with van der Waals surface area (Å²) in [6.07, 6.45) is 5.79. The first kappa shape index (κ1) is 24.3. The van der Waals surface area contributed by atoms with Crippen molar-refractivity contribution in [3.63, 3.8) is 0 Å². The van der Waals surface area contributed by atoms with Gasteiger partial charge in [-0.15, -0.1) is 0 Å². The van der Waals surface area contributed by atoms with Crippen LogP contribution in [0.4, 0.5) is 0 Å². The number of fused-ring (bicyclic) bond motifs is 1. The first-order valence-electron chi connectivity index (χ1n) is 10.8. The summed E-state index contributed by atoms with van der Waals surface area (Å²) >= 11 is 6.45. The summed E-state index contributed by atoms with van der Waals surface area (Å²) in [7, 11) is 4.00. The van der Waals surface area contributed by atoms with Gasteiger partial charge in [0.2, 0.25) is 5.91 Å². The van der Waals surface area contributed by atoms with Gasteiger partial charge in [0.25, 0.3) is 0 Å². The van der Waals surface area contributed by atoms with E-state index in [-0.39, 0.29) is 12.5 Å². The fourth-order valence-corrected chi connectivity index (χ4v) is 3.76. The van der Waals surface area contributed by atoms with Crippen LogP contribution in [0.25, 0.3) is 16.6 Å². The van der Waals surface area contributed by atoms with Crippen LogP contribution in [0.3, 0.4) is 0 Å². The molecule has 0 aliphatic rings. The normalized spacial score (nSPS) is 11.4. The smallest absolute Gasteiger partial charge is 0.220 e. The first-order chi connectivity index (χ1) is 15.8. The van der Waals surface area contributed by atoms with Crippen molar-refractivity contribution < 1.29 is 9.53 Å². The fourth-order valence-electron chi connectivity index (χ4n) is 3.54. The second-order valence-electron chi connectivity index (χ2n) is 7.78. The molecule has 0 saturated heterocycles. The minimum atomic E-state index is -0.0471. The Bertz CT molecular complexity index is 1200. The lowest BCUT2D eigenvalue weighted by atomic mass is 10.0. The van der Waals surface area contributed by atoms with Crippen LogP contribution in [-0.2, 0) is 17.9 Å². The van der Waals surface area contributed by atoms with Gasteiger partial charge < -0.3 is 15.0 Å². The number of para-hydroxylation sites is 1. The molecular weight excluding hydrogens is 436 g/mol. The summed E-state index contributed by atoms with van der Waals surface area (Å²) < 4.78 is 6.22. The Labute approximate surface area is 199 Å². The van der Waals surface area contributed by atoms with E-state index in [4.69, 9.17) is 21.3 Å². The molecule has 7 heteroatoms. The maximum absolute atomic E-state index is 11.7. The second kappa shape index (κ2) is 11.0. The zero-order chi connectivity index (χ0) is 24.0. The van der Waals surface area contributed by atoms with Gasteiger partial charge in [0.1, 0.15) is 17.9 Å². The molecule has 6 nitrogen and oxygen atoms in total. The molecule has 2 aromatic heterocycles. The molecule has 0 bridgehead atoms. The Balaban J connectivity index is 1.98. The SMILES string of the molecule is C=C/C=C(/c1cc(C)nc2c(OCc3c(Cl)ccnc3CNC(=O)CC)cccc12)N(C)C. The van der Waals surface area contributed by atoms with Gasteiger partial charge in [0, 0.05) is 54.6 Å². The number of pyridine rings is 2. The number of hydrogen-bond acceptors (Lipinski definition) is 5. The van der Waals surface area contributed by atoms with E-state index in [1.54, 1.807) is 25.3 Å². The molecule has 0 saturated carbocycles. The van der Waals surface area contributed by atoms with Crippen LogP contribution in [0.1, 0.15) is 35.9 Å². The van der Waals surface area contributed by atoms with Gasteiger partial charge >= 0.3 is 0 Å². The number of ether oxygens (including phenoxy) is 1. The van der Waals surface area contributed by atoms with E-state index < -0.39 is 0 Å². The highest BCUT2D eigenvalue weighted by Gasteiger charge is 2.15. The highest BCUT2D eigenvalue weighted by atomic mass is 35.5. The molecule has 1 N–H and O–H groups in total. The molecule has 2 heterocycles. The lowest BCUT2D eigenvalue weighted by Crippen LogP contribution is -2.23. The average Bonchev–Trinajstić information content (AvgIpc) is 2.79. The third kappa shape index (κ3) is 5.71. The minimum Gasteiger partial charge on any atom is -0.486 e. The predicted molar refractivity (Wildman–Crippen MR) is 134 cm³/mol. The number of nitrogens with one attached hydrogen (secondary N) is 1. The summed E-state index contributed by atoms with van der Waals surface area (Å²) in [6, 6.07) is 9.67. The Morgan fingerprint density at radius 2 is 2.09 bits per heavy atom. The summed E-state index contributed by atoms with van der Waals surface area (Å²) in [5.41, 5.74) is 5.15. The van der Waals surface area contributed by atoms with Crippen LogP contribution in [0.15, 0.2) is 55.3 Å². The van der Waals surface area contributed by atoms with Gasteiger partial charge in [-0.1, -0.05) is 43.3 Å². The van der Waals surface area contributed by atoms with Gasteiger partial charge in [-0.25, -0.2) is 4.98 Å². The molecule has 0 spiro atoms. The van der Waals surface area contributed by atoms with Crippen molar-refractivity contribution >= 4 is 34.1 Å². The molecule has 0 atom stereocenters. The Hall–Kier alpha value is -3.38. The fraction of sp³-hybridized carbons (Fsp3) is 0.269. The molecule has 0 fully saturated rings. The summed E-state index contributed by atoms with van der Waals surface area (Å²) in [6.45, 7) is 8.12. The van der Waals surface area contributed by atoms with E-state index in [2.05, 4.69) is 27.8 Å². The van der Waals surface area contributed by atoms with E-state index in [0.717, 1.165) is 33.4 Å². The van der Waals surface area contributed by atoms with Gasteiger partial charge in [-0.05, 0) is 31.2 Å². The largest absolute Gasteiger partial charge is 0.486 e. The zero-order valence-corrected chi connectivity index (χ0v) is 20.2. The van der Waals surface area contributed by atoms with Crippen molar-refractivity contribution in [3.05, 3.63) is 82.8 Å². The highest BCUT2D eigenvalue weighted by Crippen LogP contribution is 2.32. The molecule has 0 unspecified atom stereocenters. The van der Waals surface area contributed by atoms with E-state index in [1.807, 2.05) is 45.3 Å². The summed E-state index contributed by atoms with van der Waals surface area (Å²) in [5, 5.41) is 4.37. The van der Waals surface area contributed by atoms with Crippen molar-refractivity contribution in [3.8, 4) is 5.75 Å². The number of aromatic nitrogens is 2. The van der Waals surface area contributed by atoms with Gasteiger partial charge in [0.15, 0.2) is 0 Å². The molecule has 172 valence electrons. The molecule has 1 amide bonds. The molecule has 3 aromatic rings. The van der Waals surface area contributed by atoms with Crippen molar-refractivity contribution in [2.24, 2.45) is 0 Å². The number of aryl methyl sites for hydroxylation is 1. The Kier molecular flexibility index (Phi) is 8.06.